The van der Waals surface area contributed by atoms with Crippen LogP contribution in [0, 0.1) is 0 Å². The average Bonchev–Trinajstić information content (AvgIpc) is 2.71. The summed E-state index contributed by atoms with van der Waals surface area (Å²) in [6.45, 7) is 2.99. The van der Waals surface area contributed by atoms with E-state index in [1.54, 1.807) is 0 Å². The van der Waals surface area contributed by atoms with Gasteiger partial charge in [0, 0.05) is 6.54 Å². The molecule has 0 saturated heterocycles. The van der Waals surface area contributed by atoms with Crippen molar-refractivity contribution < 1.29 is 19.2 Å². The lowest BCUT2D eigenvalue weighted by atomic mass is 10.1. The number of carbonyl (C=O) groups excluding carboxylic acids is 2. The topological polar surface area (TPSA) is 103 Å². The van der Waals surface area contributed by atoms with Gasteiger partial charge in [0.15, 0.2) is 0 Å². The third kappa shape index (κ3) is 12.1. The number of alkyl carbamates (subject to hydrolysis) is 1. The first-order valence-corrected chi connectivity index (χ1v) is 10.1. The fourth-order valence-electron chi connectivity index (χ4n) is 2.63. The summed E-state index contributed by atoms with van der Waals surface area (Å²) in [6, 6.07) is 9.31. The van der Waals surface area contributed by atoms with Crippen LogP contribution in [0.15, 0.2) is 35.5 Å². The molecule has 0 bridgehead atoms. The molecule has 0 unspecified atom stereocenters. The maximum atomic E-state index is 11.7. The average molecular weight is 392 g/mol. The van der Waals surface area contributed by atoms with Gasteiger partial charge in [0.05, 0.1) is 5.71 Å². The number of ether oxygens (including phenoxy) is 1. The fraction of sp³-hybridized carbons (Fsp3) is 0.571. The molecule has 0 aliphatic heterocycles. The van der Waals surface area contributed by atoms with Gasteiger partial charge in [-0.1, -0.05) is 74.5 Å². The molecule has 3 N–H and O–H groups in total. The van der Waals surface area contributed by atoms with Crippen LogP contribution in [-0.2, 0) is 16.1 Å². The first-order valence-electron chi connectivity index (χ1n) is 10.1. The third-order valence-corrected chi connectivity index (χ3v) is 4.19. The Bertz CT molecular complexity index is 591. The van der Waals surface area contributed by atoms with Gasteiger partial charge in [0.25, 0.3) is 0 Å². The van der Waals surface area contributed by atoms with E-state index < -0.39 is 12.2 Å². The molecule has 0 fully saturated rings. The maximum Gasteiger partial charge on any atom is 0.544 e. The number of nitrogens with two attached hydrogens (primary N) is 1. The highest BCUT2D eigenvalue weighted by Crippen LogP contribution is 2.10. The minimum absolute atomic E-state index is 0.260. The minimum atomic E-state index is -1.14. The minimum Gasteiger partial charge on any atom is -0.342 e. The summed E-state index contributed by atoms with van der Waals surface area (Å²) in [5.74, 6) is 0. The Labute approximate surface area is 167 Å². The van der Waals surface area contributed by atoms with E-state index in [1.165, 1.54) is 25.7 Å². The molecule has 0 saturated carbocycles. The number of nitrogens with one attached hydrogen (secondary N) is 1. The zero-order chi connectivity index (χ0) is 20.5. The number of unbranched alkanes of at least 4 members (excludes halogenated alkanes) is 5. The molecule has 0 spiro atoms. The second kappa shape index (κ2) is 15.6. The van der Waals surface area contributed by atoms with Crippen molar-refractivity contribution in [3.8, 4) is 0 Å². The molecule has 0 aromatic heterocycles. The SMILES string of the molecule is CCCCCCCCC(CCCN)=NOC(=O)OC(=O)NCc1ccccc1. The Kier molecular flexibility index (Phi) is 13.2. The van der Waals surface area contributed by atoms with Gasteiger partial charge in [-0.25, -0.2) is 9.59 Å². The van der Waals surface area contributed by atoms with Crippen molar-refractivity contribution >= 4 is 18.0 Å². The lowest BCUT2D eigenvalue weighted by Crippen LogP contribution is -2.26. The molecule has 1 aromatic rings. The van der Waals surface area contributed by atoms with Crippen molar-refractivity contribution in [3.05, 3.63) is 35.9 Å². The third-order valence-electron chi connectivity index (χ3n) is 4.19. The van der Waals surface area contributed by atoms with Crippen molar-refractivity contribution in [2.24, 2.45) is 10.9 Å². The Morgan fingerprint density at radius 3 is 2.39 bits per heavy atom. The van der Waals surface area contributed by atoms with Gasteiger partial charge in [-0.15, -0.1) is 0 Å². The van der Waals surface area contributed by atoms with E-state index in [-0.39, 0.29) is 6.54 Å². The largest absolute Gasteiger partial charge is 0.544 e. The maximum absolute atomic E-state index is 11.7. The highest BCUT2D eigenvalue weighted by molar-refractivity contribution is 5.85. The van der Waals surface area contributed by atoms with E-state index in [1.807, 2.05) is 30.3 Å². The molecular weight excluding hydrogens is 358 g/mol. The lowest BCUT2D eigenvalue weighted by molar-refractivity contribution is 0.0767. The van der Waals surface area contributed by atoms with E-state index in [0.717, 1.165) is 37.0 Å². The summed E-state index contributed by atoms with van der Waals surface area (Å²) in [6.07, 6.45) is 7.20. The molecule has 0 aliphatic rings. The van der Waals surface area contributed by atoms with Gasteiger partial charge in [0.2, 0.25) is 0 Å². The van der Waals surface area contributed by atoms with Crippen molar-refractivity contribution in [3.63, 3.8) is 0 Å². The lowest BCUT2D eigenvalue weighted by Gasteiger charge is -2.07. The zero-order valence-corrected chi connectivity index (χ0v) is 16.8. The molecule has 28 heavy (non-hydrogen) atoms. The molecule has 0 radical (unpaired) electrons. The quantitative estimate of drug-likeness (QED) is 0.124. The molecule has 0 aliphatic carbocycles. The number of amides is 1. The van der Waals surface area contributed by atoms with E-state index in [0.29, 0.717) is 13.0 Å². The smallest absolute Gasteiger partial charge is 0.342 e. The van der Waals surface area contributed by atoms with Crippen molar-refractivity contribution in [2.75, 3.05) is 6.54 Å². The molecule has 0 atom stereocenters. The van der Waals surface area contributed by atoms with Gasteiger partial charge in [-0.3, -0.25) is 4.84 Å². The van der Waals surface area contributed by atoms with Crippen LogP contribution in [0.4, 0.5) is 9.59 Å². The normalized spacial score (nSPS) is 11.1. The van der Waals surface area contributed by atoms with Crippen LogP contribution in [-0.4, -0.2) is 24.5 Å². The highest BCUT2D eigenvalue weighted by Gasteiger charge is 2.12. The molecular formula is C21H33N3O4. The molecule has 1 amide bonds. The Morgan fingerprint density at radius 2 is 1.68 bits per heavy atom. The first-order chi connectivity index (χ1) is 13.7. The number of carbonyl (C=O) groups is 2. The molecule has 156 valence electrons. The van der Waals surface area contributed by atoms with Crippen molar-refractivity contribution in [1.29, 1.82) is 0 Å². The van der Waals surface area contributed by atoms with Gasteiger partial charge < -0.3 is 15.8 Å². The summed E-state index contributed by atoms with van der Waals surface area (Å²) < 4.78 is 4.55. The number of nitrogens with zero attached hydrogens (tertiary/aromatic N) is 1. The van der Waals surface area contributed by atoms with E-state index in [2.05, 4.69) is 22.1 Å². The summed E-state index contributed by atoms with van der Waals surface area (Å²) in [5.41, 5.74) is 7.21. The highest BCUT2D eigenvalue weighted by atomic mass is 16.8. The summed E-state index contributed by atoms with van der Waals surface area (Å²) in [7, 11) is 0. The summed E-state index contributed by atoms with van der Waals surface area (Å²) >= 11 is 0. The Hall–Kier alpha value is -2.41. The van der Waals surface area contributed by atoms with Gasteiger partial charge in [-0.2, -0.15) is 0 Å². The van der Waals surface area contributed by atoms with E-state index in [9.17, 15) is 9.59 Å². The van der Waals surface area contributed by atoms with Crippen LogP contribution in [0.1, 0.15) is 70.3 Å². The Morgan fingerprint density at radius 1 is 1.00 bits per heavy atom. The van der Waals surface area contributed by atoms with Crippen molar-refractivity contribution in [2.45, 2.75) is 71.3 Å². The second-order valence-electron chi connectivity index (χ2n) is 6.64. The van der Waals surface area contributed by atoms with Crippen LogP contribution in [0.3, 0.4) is 0 Å². The molecule has 7 nitrogen and oxygen atoms in total. The summed E-state index contributed by atoms with van der Waals surface area (Å²) in [4.78, 5) is 28.0. The number of hydrogen-bond acceptors (Lipinski definition) is 6. The van der Waals surface area contributed by atoms with Crippen LogP contribution >= 0.6 is 0 Å². The van der Waals surface area contributed by atoms with Gasteiger partial charge >= 0.3 is 12.2 Å². The van der Waals surface area contributed by atoms with Crippen LogP contribution < -0.4 is 11.1 Å². The van der Waals surface area contributed by atoms with Crippen LogP contribution in [0.5, 0.6) is 0 Å². The first kappa shape index (κ1) is 23.6. The second-order valence-corrected chi connectivity index (χ2v) is 6.64. The zero-order valence-electron chi connectivity index (χ0n) is 16.8. The number of hydrogen-bond donors (Lipinski definition) is 2. The molecule has 1 rings (SSSR count). The van der Waals surface area contributed by atoms with Crippen molar-refractivity contribution in [1.82, 2.24) is 5.32 Å². The molecule has 7 heteroatoms. The predicted molar refractivity (Wildman–Crippen MR) is 110 cm³/mol. The predicted octanol–water partition coefficient (Wildman–Crippen LogP) is 4.89. The van der Waals surface area contributed by atoms with Gasteiger partial charge in [0.1, 0.15) is 0 Å². The number of rotatable bonds is 13. The van der Waals surface area contributed by atoms with E-state index >= 15 is 0 Å². The fourth-order valence-corrected chi connectivity index (χ4v) is 2.63. The monoisotopic (exact) mass is 391 g/mol. The molecule has 1 aromatic carbocycles. The van der Waals surface area contributed by atoms with Crippen LogP contribution in [0.2, 0.25) is 0 Å². The Balaban J connectivity index is 2.32. The number of benzene rings is 1. The van der Waals surface area contributed by atoms with E-state index in [4.69, 9.17) is 10.6 Å². The van der Waals surface area contributed by atoms with Gasteiger partial charge in [-0.05, 0) is 37.8 Å². The molecule has 0 heterocycles. The number of oxime groups is 1. The summed E-state index contributed by atoms with van der Waals surface area (Å²) in [5, 5.41) is 6.36. The van der Waals surface area contributed by atoms with Crippen LogP contribution in [0.25, 0.3) is 0 Å². The standard InChI is InChI=1S/C21H33N3O4/c1-2-3-4-5-6-10-14-19(15-11-16-22)24-28-21(26)27-20(25)23-17-18-12-8-7-9-13-18/h7-9,12-13H,2-6,10-11,14-17,22H2,1H3,(H,23,25).